The van der Waals surface area contributed by atoms with E-state index in [0.29, 0.717) is 0 Å². The van der Waals surface area contributed by atoms with Crippen molar-refractivity contribution in [2.45, 2.75) is 89.6 Å². The largest absolute Gasteiger partial charge is 0.386 e. The molecule has 17 heavy (non-hydrogen) atoms. The highest BCUT2D eigenvalue weighted by Gasteiger charge is 2.21. The Kier molecular flexibility index (Phi) is 7.59. The van der Waals surface area contributed by atoms with Gasteiger partial charge in [-0.1, -0.05) is 70.4 Å². The van der Waals surface area contributed by atoms with Gasteiger partial charge in [0.25, 0.3) is 0 Å². The van der Waals surface area contributed by atoms with Crippen molar-refractivity contribution in [3.8, 4) is 0 Å². The van der Waals surface area contributed by atoms with Crippen molar-refractivity contribution in [1.82, 2.24) is 0 Å². The number of hydrogen-bond donors (Lipinski definition) is 1. The molecule has 0 aromatic rings. The maximum absolute atomic E-state index is 10.6. The van der Waals surface area contributed by atoms with Crippen LogP contribution in [-0.2, 0) is 0 Å². The fraction of sp³-hybridized carbons (Fsp3) is 0.875. The summed E-state index contributed by atoms with van der Waals surface area (Å²) in [6.45, 7) is 2.20. The monoisotopic (exact) mass is 238 g/mol. The highest BCUT2D eigenvalue weighted by Crippen LogP contribution is 2.25. The lowest BCUT2D eigenvalue weighted by atomic mass is 9.89. The van der Waals surface area contributed by atoms with Crippen molar-refractivity contribution in [1.29, 1.82) is 0 Å². The van der Waals surface area contributed by atoms with Gasteiger partial charge in [-0.2, -0.15) is 0 Å². The summed E-state index contributed by atoms with van der Waals surface area (Å²) >= 11 is 0. The Morgan fingerprint density at radius 1 is 1.00 bits per heavy atom. The van der Waals surface area contributed by atoms with Crippen LogP contribution in [0, 0.1) is 0 Å². The maximum atomic E-state index is 10.6. The summed E-state index contributed by atoms with van der Waals surface area (Å²) in [5.74, 6) is 0. The first-order chi connectivity index (χ1) is 8.27. The molecule has 1 atom stereocenters. The first-order valence-corrected chi connectivity index (χ1v) is 7.67. The van der Waals surface area contributed by atoms with Gasteiger partial charge in [-0.05, 0) is 25.7 Å². The van der Waals surface area contributed by atoms with Gasteiger partial charge in [-0.15, -0.1) is 0 Å². The van der Waals surface area contributed by atoms with Gasteiger partial charge in [0.05, 0.1) is 5.60 Å². The van der Waals surface area contributed by atoms with E-state index in [1.165, 1.54) is 51.4 Å². The van der Waals surface area contributed by atoms with Gasteiger partial charge in [-0.25, -0.2) is 0 Å². The zero-order valence-corrected chi connectivity index (χ0v) is 11.6. The summed E-state index contributed by atoms with van der Waals surface area (Å²) < 4.78 is 0. The molecule has 0 spiro atoms. The lowest BCUT2D eigenvalue weighted by Gasteiger charge is -2.25. The van der Waals surface area contributed by atoms with Crippen LogP contribution >= 0.6 is 0 Å². The Morgan fingerprint density at radius 2 is 1.65 bits per heavy atom. The van der Waals surface area contributed by atoms with E-state index in [9.17, 15) is 5.11 Å². The van der Waals surface area contributed by atoms with E-state index in [2.05, 4.69) is 19.1 Å². The molecule has 1 unspecified atom stereocenters. The minimum Gasteiger partial charge on any atom is -0.386 e. The second-order valence-electron chi connectivity index (χ2n) is 5.62. The number of hydrogen-bond acceptors (Lipinski definition) is 1. The van der Waals surface area contributed by atoms with Crippen molar-refractivity contribution in [3.05, 3.63) is 12.2 Å². The highest BCUT2D eigenvalue weighted by molar-refractivity contribution is 5.00. The van der Waals surface area contributed by atoms with Crippen molar-refractivity contribution < 1.29 is 5.11 Å². The average molecular weight is 238 g/mol. The number of rotatable bonds is 3. The molecule has 0 saturated carbocycles. The summed E-state index contributed by atoms with van der Waals surface area (Å²) in [5, 5.41) is 10.6. The normalized spacial score (nSPS) is 30.2. The standard InChI is InChI=1S/C16H30O/c1-2-3-13-16(17)14-11-9-7-5-4-6-8-10-12-15-16/h11,14,17H,2-10,12-13,15H2,1H3/b14-11+. The molecule has 1 rings (SSSR count). The van der Waals surface area contributed by atoms with Gasteiger partial charge in [-0.3, -0.25) is 0 Å². The molecule has 1 aliphatic rings. The molecule has 0 radical (unpaired) electrons. The van der Waals surface area contributed by atoms with Crippen molar-refractivity contribution in [2.24, 2.45) is 0 Å². The third-order valence-corrected chi connectivity index (χ3v) is 3.87. The molecule has 0 amide bonds. The Labute approximate surface area is 107 Å². The Hall–Kier alpha value is -0.300. The second kappa shape index (κ2) is 8.74. The fourth-order valence-electron chi connectivity index (χ4n) is 2.65. The van der Waals surface area contributed by atoms with E-state index in [-0.39, 0.29) is 0 Å². The number of aliphatic hydroxyl groups is 1. The first kappa shape index (κ1) is 14.8. The van der Waals surface area contributed by atoms with Gasteiger partial charge >= 0.3 is 0 Å². The quantitative estimate of drug-likeness (QED) is 0.687. The molecular weight excluding hydrogens is 208 g/mol. The minimum atomic E-state index is -0.505. The van der Waals surface area contributed by atoms with E-state index in [4.69, 9.17) is 0 Å². The molecular formula is C16H30O. The predicted octanol–water partition coefficient (Wildman–Crippen LogP) is 4.99. The third-order valence-electron chi connectivity index (χ3n) is 3.87. The first-order valence-electron chi connectivity index (χ1n) is 7.67. The van der Waals surface area contributed by atoms with E-state index in [1.54, 1.807) is 0 Å². The zero-order chi connectivity index (χ0) is 12.4. The van der Waals surface area contributed by atoms with Crippen LogP contribution < -0.4 is 0 Å². The lowest BCUT2D eigenvalue weighted by Crippen LogP contribution is -2.25. The summed E-state index contributed by atoms with van der Waals surface area (Å²) in [5.41, 5.74) is -0.505. The van der Waals surface area contributed by atoms with Crippen LogP contribution in [0.3, 0.4) is 0 Å². The summed E-state index contributed by atoms with van der Waals surface area (Å²) in [4.78, 5) is 0. The smallest absolute Gasteiger partial charge is 0.0827 e. The van der Waals surface area contributed by atoms with Gasteiger partial charge < -0.3 is 5.11 Å². The van der Waals surface area contributed by atoms with Crippen molar-refractivity contribution >= 4 is 0 Å². The lowest BCUT2D eigenvalue weighted by molar-refractivity contribution is 0.0664. The van der Waals surface area contributed by atoms with Crippen molar-refractivity contribution in [3.63, 3.8) is 0 Å². The Morgan fingerprint density at radius 3 is 2.35 bits per heavy atom. The molecule has 0 saturated heterocycles. The molecule has 0 aromatic carbocycles. The minimum absolute atomic E-state index is 0.505. The van der Waals surface area contributed by atoms with E-state index in [1.807, 2.05) is 0 Å². The van der Waals surface area contributed by atoms with Crippen LogP contribution in [0.4, 0.5) is 0 Å². The molecule has 100 valence electrons. The number of allylic oxidation sites excluding steroid dienone is 1. The van der Waals surface area contributed by atoms with E-state index < -0.39 is 5.60 Å². The zero-order valence-electron chi connectivity index (χ0n) is 11.6. The molecule has 1 heteroatoms. The average Bonchev–Trinajstić information content (AvgIpc) is 2.32. The predicted molar refractivity (Wildman–Crippen MR) is 75.2 cm³/mol. The van der Waals surface area contributed by atoms with Crippen LogP contribution in [0.25, 0.3) is 0 Å². The van der Waals surface area contributed by atoms with Crippen LogP contribution in [0.2, 0.25) is 0 Å². The molecule has 0 aromatic heterocycles. The van der Waals surface area contributed by atoms with Gasteiger partial charge in [0.1, 0.15) is 0 Å². The SMILES string of the molecule is CCCCC1(O)/C=C/CCCCCCCCC1. The second-order valence-corrected chi connectivity index (χ2v) is 5.62. The fourth-order valence-corrected chi connectivity index (χ4v) is 2.65. The molecule has 0 aliphatic heterocycles. The molecule has 1 N–H and O–H groups in total. The molecule has 0 heterocycles. The van der Waals surface area contributed by atoms with Gasteiger partial charge in [0, 0.05) is 0 Å². The topological polar surface area (TPSA) is 20.2 Å². The van der Waals surface area contributed by atoms with E-state index >= 15 is 0 Å². The van der Waals surface area contributed by atoms with Crippen LogP contribution in [0.15, 0.2) is 12.2 Å². The maximum Gasteiger partial charge on any atom is 0.0827 e. The number of unbranched alkanes of at least 4 members (excludes halogenated alkanes) is 1. The molecule has 0 bridgehead atoms. The summed E-state index contributed by atoms with van der Waals surface area (Å²) in [6, 6.07) is 0. The summed E-state index contributed by atoms with van der Waals surface area (Å²) in [6.07, 6.45) is 19.0. The highest BCUT2D eigenvalue weighted by atomic mass is 16.3. The third kappa shape index (κ3) is 6.88. The van der Waals surface area contributed by atoms with Gasteiger partial charge in [0.15, 0.2) is 0 Å². The van der Waals surface area contributed by atoms with Crippen LogP contribution in [0.5, 0.6) is 0 Å². The summed E-state index contributed by atoms with van der Waals surface area (Å²) in [7, 11) is 0. The van der Waals surface area contributed by atoms with Gasteiger partial charge in [0.2, 0.25) is 0 Å². The molecule has 1 nitrogen and oxygen atoms in total. The van der Waals surface area contributed by atoms with Crippen LogP contribution in [-0.4, -0.2) is 10.7 Å². The van der Waals surface area contributed by atoms with E-state index in [0.717, 1.165) is 25.7 Å². The molecule has 0 fully saturated rings. The molecule has 1 aliphatic carbocycles. The Bertz CT molecular complexity index is 210. The Balaban J connectivity index is 2.47. The van der Waals surface area contributed by atoms with Crippen LogP contribution in [0.1, 0.15) is 84.0 Å². The van der Waals surface area contributed by atoms with Crippen molar-refractivity contribution in [2.75, 3.05) is 0 Å².